The highest BCUT2D eigenvalue weighted by Crippen LogP contribution is 2.26. The van der Waals surface area contributed by atoms with Gasteiger partial charge in [-0.2, -0.15) is 5.37 Å². The Balaban J connectivity index is 2.11. The molecule has 25 heavy (non-hydrogen) atoms. The van der Waals surface area contributed by atoms with Gasteiger partial charge in [0, 0.05) is 24.6 Å². The van der Waals surface area contributed by atoms with Crippen molar-refractivity contribution in [3.05, 3.63) is 70.4 Å². The monoisotopic (exact) mass is 333 g/mol. The Morgan fingerprint density at radius 3 is 2.84 bits per heavy atom. The normalized spacial score (nSPS) is 16.3. The van der Waals surface area contributed by atoms with E-state index in [1.54, 1.807) is 6.07 Å². The Morgan fingerprint density at radius 1 is 1.36 bits per heavy atom. The van der Waals surface area contributed by atoms with Crippen LogP contribution in [0.15, 0.2) is 59.3 Å². The van der Waals surface area contributed by atoms with E-state index in [0.717, 1.165) is 17.0 Å². The van der Waals surface area contributed by atoms with Crippen LogP contribution in [-0.4, -0.2) is 35.4 Å². The molecule has 1 aromatic rings. The lowest BCUT2D eigenvalue weighted by Gasteiger charge is -2.24. The molecule has 1 aromatic carbocycles. The summed E-state index contributed by atoms with van der Waals surface area (Å²) >= 11 is 0. The maximum atomic E-state index is 11.6. The first kappa shape index (κ1) is 19.0. The van der Waals surface area contributed by atoms with E-state index in [4.69, 9.17) is 25.2 Å². The fourth-order valence-electron chi connectivity index (χ4n) is 2.69. The molecule has 1 N–H and O–H groups in total. The van der Waals surface area contributed by atoms with Gasteiger partial charge < -0.3 is 14.8 Å². The van der Waals surface area contributed by atoms with Gasteiger partial charge in [0.25, 0.3) is 0 Å². The van der Waals surface area contributed by atoms with Crippen molar-refractivity contribution in [3.63, 3.8) is 0 Å². The van der Waals surface area contributed by atoms with Crippen molar-refractivity contribution in [1.82, 2.24) is 5.32 Å². The fourth-order valence-corrected chi connectivity index (χ4v) is 2.69. The Kier molecular flexibility index (Phi) is 6.99. The van der Waals surface area contributed by atoms with Crippen molar-refractivity contribution in [2.75, 3.05) is 13.7 Å². The standard InChI is InChI=1S/C19H21B2NO3/c1-3-25-16-7-8-17(15(10-16)11-18(20)21)22-12-13-5-4-6-14(9-13)19(23)24-2/h4-9,11,15,22H,3,10,12H2,1-2H3. The maximum absolute atomic E-state index is 11.6. The number of carbonyl (C=O) groups excluding carboxylic acids is 1. The summed E-state index contributed by atoms with van der Waals surface area (Å²) < 4.78 is 10.3. The number of benzene rings is 1. The number of esters is 1. The quantitative estimate of drug-likeness (QED) is 0.616. The number of rotatable bonds is 7. The number of methoxy groups -OCH3 is 1. The highest BCUT2D eigenvalue weighted by atomic mass is 16.5. The van der Waals surface area contributed by atoms with Crippen LogP contribution < -0.4 is 5.32 Å². The van der Waals surface area contributed by atoms with E-state index in [9.17, 15) is 4.79 Å². The van der Waals surface area contributed by atoms with Crippen molar-refractivity contribution in [2.24, 2.45) is 5.92 Å². The van der Waals surface area contributed by atoms with Gasteiger partial charge in [0.15, 0.2) is 0 Å². The molecule has 1 aliphatic carbocycles. The molecular formula is C19H21B2NO3. The predicted molar refractivity (Wildman–Crippen MR) is 100 cm³/mol. The Bertz CT molecular complexity index is 706. The minimum atomic E-state index is -0.347. The number of carbonyl (C=O) groups is 1. The van der Waals surface area contributed by atoms with Crippen LogP contribution in [0.4, 0.5) is 0 Å². The summed E-state index contributed by atoms with van der Waals surface area (Å²) in [6.45, 7) is 3.15. The zero-order chi connectivity index (χ0) is 18.2. The van der Waals surface area contributed by atoms with E-state index < -0.39 is 0 Å². The van der Waals surface area contributed by atoms with E-state index in [1.165, 1.54) is 7.11 Å². The van der Waals surface area contributed by atoms with Crippen molar-refractivity contribution < 1.29 is 14.3 Å². The van der Waals surface area contributed by atoms with E-state index in [1.807, 2.05) is 43.4 Å². The molecule has 0 aliphatic heterocycles. The molecule has 126 valence electrons. The zero-order valence-electron chi connectivity index (χ0n) is 14.6. The molecule has 4 nitrogen and oxygen atoms in total. The minimum absolute atomic E-state index is 0.0281. The van der Waals surface area contributed by atoms with E-state index in [0.29, 0.717) is 25.1 Å². The molecule has 0 fully saturated rings. The van der Waals surface area contributed by atoms with Crippen molar-refractivity contribution in [1.29, 1.82) is 0 Å². The van der Waals surface area contributed by atoms with Crippen LogP contribution in [0.5, 0.6) is 0 Å². The first-order valence-electron chi connectivity index (χ1n) is 8.21. The molecule has 4 radical (unpaired) electrons. The highest BCUT2D eigenvalue weighted by Gasteiger charge is 2.18. The summed E-state index contributed by atoms with van der Waals surface area (Å²) in [5.41, 5.74) is 2.51. The summed E-state index contributed by atoms with van der Waals surface area (Å²) in [5, 5.41) is 3.67. The third kappa shape index (κ3) is 5.59. The van der Waals surface area contributed by atoms with Gasteiger partial charge in [0.1, 0.15) is 0 Å². The Labute approximate surface area is 151 Å². The van der Waals surface area contributed by atoms with Gasteiger partial charge in [-0.1, -0.05) is 18.2 Å². The second-order valence-corrected chi connectivity index (χ2v) is 5.71. The van der Waals surface area contributed by atoms with Gasteiger partial charge in [-0.15, -0.1) is 0 Å². The molecule has 0 amide bonds. The lowest BCUT2D eigenvalue weighted by molar-refractivity contribution is 0.0600. The first-order chi connectivity index (χ1) is 12.0. The maximum Gasteiger partial charge on any atom is 0.337 e. The first-order valence-corrected chi connectivity index (χ1v) is 8.21. The van der Waals surface area contributed by atoms with Gasteiger partial charge >= 0.3 is 5.97 Å². The number of hydrogen-bond acceptors (Lipinski definition) is 4. The smallest absolute Gasteiger partial charge is 0.337 e. The van der Waals surface area contributed by atoms with E-state index in [2.05, 4.69) is 5.32 Å². The summed E-state index contributed by atoms with van der Waals surface area (Å²) in [7, 11) is 12.7. The van der Waals surface area contributed by atoms with Crippen molar-refractivity contribution >= 4 is 21.7 Å². The van der Waals surface area contributed by atoms with Gasteiger partial charge in [0.05, 0.1) is 40.7 Å². The van der Waals surface area contributed by atoms with Crippen LogP contribution in [0.2, 0.25) is 0 Å². The predicted octanol–water partition coefficient (Wildman–Crippen LogP) is 2.57. The largest absolute Gasteiger partial charge is 0.498 e. The van der Waals surface area contributed by atoms with Gasteiger partial charge in [-0.3, -0.25) is 0 Å². The molecule has 6 heteroatoms. The van der Waals surface area contributed by atoms with Gasteiger partial charge in [-0.25, -0.2) is 4.79 Å². The Hall–Kier alpha value is -2.36. The third-order valence-electron chi connectivity index (χ3n) is 3.84. The molecule has 1 aliphatic rings. The third-order valence-corrected chi connectivity index (χ3v) is 3.84. The zero-order valence-corrected chi connectivity index (χ0v) is 14.6. The Morgan fingerprint density at radius 2 is 2.16 bits per heavy atom. The van der Waals surface area contributed by atoms with E-state index >= 15 is 0 Å². The average Bonchev–Trinajstić information content (AvgIpc) is 2.60. The lowest BCUT2D eigenvalue weighted by Crippen LogP contribution is -2.22. The van der Waals surface area contributed by atoms with Crippen LogP contribution in [0, 0.1) is 5.92 Å². The number of ether oxygens (including phenoxy) is 2. The highest BCUT2D eigenvalue weighted by molar-refractivity contribution is 6.48. The topological polar surface area (TPSA) is 47.6 Å². The van der Waals surface area contributed by atoms with Gasteiger partial charge in [-0.05, 0) is 36.8 Å². The van der Waals surface area contributed by atoms with Crippen molar-refractivity contribution in [3.8, 4) is 0 Å². The molecular weight excluding hydrogens is 312 g/mol. The summed E-state index contributed by atoms with van der Waals surface area (Å²) in [6, 6.07) is 7.33. The molecule has 1 unspecified atom stereocenters. The average molecular weight is 333 g/mol. The van der Waals surface area contributed by atoms with Crippen LogP contribution in [0.1, 0.15) is 29.3 Å². The second-order valence-electron chi connectivity index (χ2n) is 5.71. The molecule has 0 heterocycles. The van der Waals surface area contributed by atoms with Crippen LogP contribution in [-0.2, 0) is 16.0 Å². The van der Waals surface area contributed by atoms with Gasteiger partial charge in [0.2, 0.25) is 0 Å². The summed E-state index contributed by atoms with van der Waals surface area (Å²) in [6.07, 6.45) is 6.44. The minimum Gasteiger partial charge on any atom is -0.498 e. The van der Waals surface area contributed by atoms with Crippen LogP contribution in [0.25, 0.3) is 0 Å². The second kappa shape index (κ2) is 9.21. The molecule has 2 rings (SSSR count). The van der Waals surface area contributed by atoms with E-state index in [-0.39, 0.29) is 17.3 Å². The molecule has 0 aromatic heterocycles. The summed E-state index contributed by atoms with van der Waals surface area (Å²) in [4.78, 5) is 11.6. The molecule has 0 bridgehead atoms. The number of nitrogens with one attached hydrogen (secondary N) is 1. The van der Waals surface area contributed by atoms with Crippen LogP contribution in [0.3, 0.4) is 0 Å². The molecule has 1 atom stereocenters. The number of allylic oxidation sites excluding steroid dienone is 4. The van der Waals surface area contributed by atoms with Crippen molar-refractivity contribution in [2.45, 2.75) is 19.9 Å². The SMILES string of the molecule is [B]C([B])=CC1CC(OCC)=CC=C1NCc1cccc(C(=O)OC)c1. The number of hydrogen-bond donors (Lipinski definition) is 1. The molecule has 0 saturated heterocycles. The lowest BCUT2D eigenvalue weighted by atomic mass is 9.75. The fraction of sp³-hybridized carbons (Fsp3) is 0.316. The van der Waals surface area contributed by atoms with Crippen LogP contribution >= 0.6 is 0 Å². The molecule has 0 spiro atoms. The summed E-state index contributed by atoms with van der Waals surface area (Å²) in [5.74, 6) is 0.586. The molecule has 0 saturated carbocycles.